The predicted molar refractivity (Wildman–Crippen MR) is 127 cm³/mol. The van der Waals surface area contributed by atoms with E-state index in [1.165, 1.54) is 12.2 Å². The van der Waals surface area contributed by atoms with Crippen LogP contribution in [0.5, 0.6) is 0 Å². The normalized spacial score (nSPS) is 13.3. The van der Waals surface area contributed by atoms with Crippen LogP contribution >= 0.6 is 0 Å². The summed E-state index contributed by atoms with van der Waals surface area (Å²) >= 11 is 0. The number of carbonyl (C=O) groups excluding carboxylic acids is 2. The van der Waals surface area contributed by atoms with Crippen molar-refractivity contribution in [1.82, 2.24) is 4.90 Å². The second-order valence-corrected chi connectivity index (χ2v) is 7.37. The van der Waals surface area contributed by atoms with Crippen LogP contribution in [-0.2, 0) is 49.4 Å². The molecule has 1 aliphatic heterocycles. The first-order chi connectivity index (χ1) is 17.3. The third-order valence-electron chi connectivity index (χ3n) is 4.70. The molecule has 0 fully saturated rings. The highest BCUT2D eigenvalue weighted by Gasteiger charge is 2.22. The monoisotopic (exact) mass is 495 g/mol. The molecule has 1 aromatic rings. The van der Waals surface area contributed by atoms with E-state index in [9.17, 15) is 9.59 Å². The van der Waals surface area contributed by atoms with Crippen molar-refractivity contribution in [3.63, 3.8) is 0 Å². The topological polar surface area (TPSA) is 102 Å². The lowest BCUT2D eigenvalue weighted by atomic mass is 10.2. The fourth-order valence-corrected chi connectivity index (χ4v) is 2.89. The molecular weight excluding hydrogens is 458 g/mol. The molecule has 0 aliphatic carbocycles. The third-order valence-corrected chi connectivity index (χ3v) is 4.70. The smallest absolute Gasteiger partial charge is 0.253 e. The maximum absolute atomic E-state index is 11.4. The summed E-state index contributed by atoms with van der Waals surface area (Å²) in [4.78, 5) is 23.9. The molecule has 2 rings (SSSR count). The first-order valence-corrected chi connectivity index (χ1v) is 11.9. The quantitative estimate of drug-likeness (QED) is 0.164. The Bertz CT molecular complexity index is 696. The average Bonchev–Trinajstić information content (AvgIpc) is 3.20. The fourth-order valence-electron chi connectivity index (χ4n) is 2.89. The van der Waals surface area contributed by atoms with Crippen molar-refractivity contribution in [2.75, 3.05) is 92.4 Å². The van der Waals surface area contributed by atoms with E-state index in [0.717, 1.165) is 10.5 Å². The van der Waals surface area contributed by atoms with Gasteiger partial charge in [-0.05, 0) is 5.56 Å². The standard InChI is InChI=1S/C25H37NO9/c27-24-6-7-25(28)26(24)8-9-29-10-11-30-12-13-31-14-15-32-16-17-33-18-19-34-20-21-35-22-23-4-2-1-3-5-23/h1-7H,8-22H2. The van der Waals surface area contributed by atoms with E-state index in [-0.39, 0.29) is 25.0 Å². The zero-order valence-corrected chi connectivity index (χ0v) is 20.3. The minimum absolute atomic E-state index is 0.248. The Hall–Kier alpha value is -2.18. The van der Waals surface area contributed by atoms with Crippen LogP contribution in [0, 0.1) is 0 Å². The molecule has 0 saturated carbocycles. The summed E-state index contributed by atoms with van der Waals surface area (Å²) in [6, 6.07) is 10.0. The second kappa shape index (κ2) is 20.1. The van der Waals surface area contributed by atoms with Gasteiger partial charge < -0.3 is 33.2 Å². The Morgan fingerprint density at radius 1 is 0.486 bits per heavy atom. The van der Waals surface area contributed by atoms with Gasteiger partial charge in [0.15, 0.2) is 0 Å². The van der Waals surface area contributed by atoms with Crippen molar-refractivity contribution >= 4 is 11.8 Å². The number of hydrogen-bond acceptors (Lipinski definition) is 9. The highest BCUT2D eigenvalue weighted by atomic mass is 16.6. The SMILES string of the molecule is O=C1C=CC(=O)N1CCOCCOCCOCCOCCOCCOCCOCc1ccccc1. The van der Waals surface area contributed by atoms with Gasteiger partial charge in [-0.25, -0.2) is 0 Å². The second-order valence-electron chi connectivity index (χ2n) is 7.37. The van der Waals surface area contributed by atoms with Gasteiger partial charge in [0.05, 0.1) is 99.0 Å². The Morgan fingerprint density at radius 2 is 0.857 bits per heavy atom. The Balaban J connectivity index is 1.20. The van der Waals surface area contributed by atoms with Crippen LogP contribution in [0.25, 0.3) is 0 Å². The van der Waals surface area contributed by atoms with E-state index in [1.807, 2.05) is 30.3 Å². The van der Waals surface area contributed by atoms with Gasteiger partial charge in [-0.1, -0.05) is 30.3 Å². The van der Waals surface area contributed by atoms with Gasteiger partial charge in [-0.2, -0.15) is 0 Å². The molecule has 0 saturated heterocycles. The molecule has 10 heteroatoms. The lowest BCUT2D eigenvalue weighted by Gasteiger charge is -2.13. The number of ether oxygens (including phenoxy) is 7. The minimum atomic E-state index is -0.301. The molecule has 0 N–H and O–H groups in total. The van der Waals surface area contributed by atoms with Crippen molar-refractivity contribution in [2.24, 2.45) is 0 Å². The van der Waals surface area contributed by atoms with Crippen LogP contribution in [-0.4, -0.2) is 109 Å². The zero-order chi connectivity index (χ0) is 24.8. The van der Waals surface area contributed by atoms with Gasteiger partial charge in [-0.3, -0.25) is 14.5 Å². The Kier molecular flexibility index (Phi) is 16.6. The number of imide groups is 1. The van der Waals surface area contributed by atoms with E-state index >= 15 is 0 Å². The van der Waals surface area contributed by atoms with Gasteiger partial charge in [0.2, 0.25) is 0 Å². The van der Waals surface area contributed by atoms with Crippen LogP contribution in [0.15, 0.2) is 42.5 Å². The molecule has 0 aromatic heterocycles. The van der Waals surface area contributed by atoms with Crippen LogP contribution in [0.1, 0.15) is 5.56 Å². The summed E-state index contributed by atoms with van der Waals surface area (Å²) in [5, 5.41) is 0. The lowest BCUT2D eigenvalue weighted by Crippen LogP contribution is -2.33. The Labute approximate surface area is 207 Å². The minimum Gasteiger partial charge on any atom is -0.377 e. The summed E-state index contributed by atoms with van der Waals surface area (Å²) < 4.78 is 38.0. The van der Waals surface area contributed by atoms with E-state index in [2.05, 4.69) is 0 Å². The summed E-state index contributed by atoms with van der Waals surface area (Å²) in [7, 11) is 0. The molecule has 0 atom stereocenters. The van der Waals surface area contributed by atoms with Crippen molar-refractivity contribution in [1.29, 1.82) is 0 Å². The molecule has 0 spiro atoms. The van der Waals surface area contributed by atoms with Crippen LogP contribution in [0.3, 0.4) is 0 Å². The molecule has 35 heavy (non-hydrogen) atoms. The number of rotatable bonds is 23. The van der Waals surface area contributed by atoms with E-state index in [1.54, 1.807) is 0 Å². The highest BCUT2D eigenvalue weighted by Crippen LogP contribution is 2.02. The molecule has 0 unspecified atom stereocenters. The number of carbonyl (C=O) groups is 2. The largest absolute Gasteiger partial charge is 0.377 e. The number of nitrogens with zero attached hydrogens (tertiary/aromatic N) is 1. The zero-order valence-electron chi connectivity index (χ0n) is 20.3. The van der Waals surface area contributed by atoms with Crippen molar-refractivity contribution in [3.8, 4) is 0 Å². The van der Waals surface area contributed by atoms with Crippen molar-refractivity contribution in [2.45, 2.75) is 6.61 Å². The summed E-state index contributed by atoms with van der Waals surface area (Å²) in [6.07, 6.45) is 2.52. The van der Waals surface area contributed by atoms with Gasteiger partial charge in [0.25, 0.3) is 11.8 Å². The van der Waals surface area contributed by atoms with Gasteiger partial charge in [0.1, 0.15) is 0 Å². The molecule has 1 aliphatic rings. The Morgan fingerprint density at radius 3 is 1.29 bits per heavy atom. The molecule has 0 bridgehead atoms. The van der Waals surface area contributed by atoms with Crippen molar-refractivity contribution < 1.29 is 42.7 Å². The molecular formula is C25H37NO9. The summed E-state index contributed by atoms with van der Waals surface area (Å²) in [5.74, 6) is -0.601. The molecule has 1 heterocycles. The maximum atomic E-state index is 11.4. The van der Waals surface area contributed by atoms with Crippen LogP contribution in [0.4, 0.5) is 0 Å². The van der Waals surface area contributed by atoms with Crippen LogP contribution < -0.4 is 0 Å². The molecule has 10 nitrogen and oxygen atoms in total. The van der Waals surface area contributed by atoms with Crippen molar-refractivity contribution in [3.05, 3.63) is 48.0 Å². The average molecular weight is 496 g/mol. The number of hydrogen-bond donors (Lipinski definition) is 0. The fraction of sp³-hybridized carbons (Fsp3) is 0.600. The molecule has 2 amide bonds. The van der Waals surface area contributed by atoms with E-state index in [4.69, 9.17) is 33.2 Å². The predicted octanol–water partition coefficient (Wildman–Crippen LogP) is 1.23. The van der Waals surface area contributed by atoms with Gasteiger partial charge in [0, 0.05) is 12.2 Å². The van der Waals surface area contributed by atoms with E-state index in [0.29, 0.717) is 85.9 Å². The van der Waals surface area contributed by atoms with E-state index < -0.39 is 0 Å². The summed E-state index contributed by atoms with van der Waals surface area (Å²) in [5.41, 5.74) is 1.15. The molecule has 1 aromatic carbocycles. The van der Waals surface area contributed by atoms with Crippen LogP contribution in [0.2, 0.25) is 0 Å². The lowest BCUT2D eigenvalue weighted by molar-refractivity contribution is -0.137. The summed E-state index contributed by atoms with van der Waals surface area (Å²) in [6.45, 7) is 6.99. The number of amides is 2. The third kappa shape index (κ3) is 14.7. The van der Waals surface area contributed by atoms with Gasteiger partial charge in [-0.15, -0.1) is 0 Å². The first-order valence-electron chi connectivity index (χ1n) is 11.9. The molecule has 196 valence electrons. The first kappa shape index (κ1) is 29.1. The number of benzene rings is 1. The highest BCUT2D eigenvalue weighted by molar-refractivity contribution is 6.12. The molecule has 0 radical (unpaired) electrons. The maximum Gasteiger partial charge on any atom is 0.253 e. The van der Waals surface area contributed by atoms with Gasteiger partial charge >= 0.3 is 0 Å².